The number of halogens is 2. The zero-order valence-electron chi connectivity index (χ0n) is 13.5. The summed E-state index contributed by atoms with van der Waals surface area (Å²) >= 11 is 1.52. The molecular weight excluding hydrogens is 322 g/mol. The Hall–Kier alpha value is -1.28. The van der Waals surface area contributed by atoms with Crippen LogP contribution in [0.3, 0.4) is 0 Å². The average molecular weight is 346 g/mol. The first-order valence-electron chi connectivity index (χ1n) is 8.02. The lowest BCUT2D eigenvalue weighted by atomic mass is 10.1. The van der Waals surface area contributed by atoms with Crippen molar-refractivity contribution in [1.29, 1.82) is 0 Å². The normalized spacial score (nSPS) is 20.7. The molecule has 2 atom stereocenters. The number of rotatable bonds is 6. The third-order valence-corrected chi connectivity index (χ3v) is 5.08. The molecule has 130 valence electrons. The average Bonchev–Trinajstić information content (AvgIpc) is 3.06. The monoisotopic (exact) mass is 346 g/mol. The fraction of sp³-hybridized carbons (Fsp3) is 0.733. The van der Waals surface area contributed by atoms with Crippen molar-refractivity contribution in [2.75, 3.05) is 26.2 Å². The van der Waals surface area contributed by atoms with Crippen molar-refractivity contribution < 1.29 is 13.6 Å². The standard InChI is InChI=1S/C15H24F2N4OS/c1-3-11-9-21(7-6-20(11)10-13(16)17)15(22)19-12(4-2)14-18-5-8-23-14/h5,8,11-13H,3-4,6-7,9-10H2,1-2H3,(H,19,22)/t11-,12-/m0/s1. The number of urea groups is 1. The van der Waals surface area contributed by atoms with Gasteiger partial charge in [-0.1, -0.05) is 13.8 Å². The van der Waals surface area contributed by atoms with Gasteiger partial charge < -0.3 is 10.2 Å². The summed E-state index contributed by atoms with van der Waals surface area (Å²) in [4.78, 5) is 20.2. The molecule has 0 bridgehead atoms. The Labute approximate surface area is 139 Å². The predicted molar refractivity (Wildman–Crippen MR) is 86.9 cm³/mol. The molecule has 1 fully saturated rings. The Morgan fingerprint density at radius 1 is 1.48 bits per heavy atom. The number of nitrogens with zero attached hydrogens (tertiary/aromatic N) is 3. The predicted octanol–water partition coefficient (Wildman–Crippen LogP) is 2.97. The summed E-state index contributed by atoms with van der Waals surface area (Å²) < 4.78 is 25.2. The van der Waals surface area contributed by atoms with Crippen molar-refractivity contribution in [2.45, 2.75) is 45.2 Å². The lowest BCUT2D eigenvalue weighted by Gasteiger charge is -2.41. The van der Waals surface area contributed by atoms with E-state index in [9.17, 15) is 13.6 Å². The first-order chi connectivity index (χ1) is 11.0. The molecule has 2 amide bonds. The first-order valence-corrected chi connectivity index (χ1v) is 8.90. The van der Waals surface area contributed by atoms with E-state index in [-0.39, 0.29) is 24.7 Å². The van der Waals surface area contributed by atoms with Crippen LogP contribution in [-0.4, -0.2) is 59.5 Å². The van der Waals surface area contributed by atoms with E-state index in [1.165, 1.54) is 11.3 Å². The molecule has 23 heavy (non-hydrogen) atoms. The van der Waals surface area contributed by atoms with E-state index < -0.39 is 6.43 Å². The lowest BCUT2D eigenvalue weighted by molar-refractivity contribution is 0.0287. The van der Waals surface area contributed by atoms with Crippen LogP contribution in [0.1, 0.15) is 37.7 Å². The highest BCUT2D eigenvalue weighted by Crippen LogP contribution is 2.20. The summed E-state index contributed by atoms with van der Waals surface area (Å²) in [5, 5.41) is 5.79. The maximum atomic E-state index is 12.6. The Bertz CT molecular complexity index is 486. The molecule has 0 aromatic carbocycles. The molecule has 1 aliphatic rings. The number of alkyl halides is 2. The second kappa shape index (κ2) is 8.54. The molecule has 1 aliphatic heterocycles. The van der Waals surface area contributed by atoms with Gasteiger partial charge in [0, 0.05) is 37.3 Å². The van der Waals surface area contributed by atoms with Gasteiger partial charge in [-0.25, -0.2) is 18.6 Å². The van der Waals surface area contributed by atoms with E-state index in [1.54, 1.807) is 16.0 Å². The van der Waals surface area contributed by atoms with Crippen LogP contribution < -0.4 is 5.32 Å². The summed E-state index contributed by atoms with van der Waals surface area (Å²) in [5.41, 5.74) is 0. The topological polar surface area (TPSA) is 48.5 Å². The molecule has 0 unspecified atom stereocenters. The van der Waals surface area contributed by atoms with Crippen LogP contribution in [0.15, 0.2) is 11.6 Å². The van der Waals surface area contributed by atoms with Crippen molar-refractivity contribution in [3.05, 3.63) is 16.6 Å². The number of amides is 2. The van der Waals surface area contributed by atoms with Crippen LogP contribution in [0.25, 0.3) is 0 Å². The van der Waals surface area contributed by atoms with Gasteiger partial charge in [0.2, 0.25) is 0 Å². The molecule has 5 nitrogen and oxygen atoms in total. The molecule has 1 saturated heterocycles. The Balaban J connectivity index is 1.92. The van der Waals surface area contributed by atoms with Crippen molar-refractivity contribution in [3.8, 4) is 0 Å². The van der Waals surface area contributed by atoms with Gasteiger partial charge in [-0.15, -0.1) is 11.3 Å². The summed E-state index contributed by atoms with van der Waals surface area (Å²) in [6, 6.07) is -0.243. The minimum atomic E-state index is -2.33. The highest BCUT2D eigenvalue weighted by Gasteiger charge is 2.30. The highest BCUT2D eigenvalue weighted by atomic mass is 32.1. The van der Waals surface area contributed by atoms with E-state index in [4.69, 9.17) is 0 Å². The Morgan fingerprint density at radius 3 is 2.83 bits per heavy atom. The van der Waals surface area contributed by atoms with Crippen molar-refractivity contribution in [2.24, 2.45) is 0 Å². The highest BCUT2D eigenvalue weighted by molar-refractivity contribution is 7.09. The third kappa shape index (κ3) is 4.84. The van der Waals surface area contributed by atoms with Crippen LogP contribution >= 0.6 is 11.3 Å². The number of nitrogens with one attached hydrogen (secondary N) is 1. The second-order valence-corrected chi connectivity index (χ2v) is 6.60. The first kappa shape index (κ1) is 18.1. The molecule has 1 aromatic rings. The number of thiazole rings is 1. The van der Waals surface area contributed by atoms with E-state index in [2.05, 4.69) is 10.3 Å². The van der Waals surface area contributed by atoms with Crippen molar-refractivity contribution >= 4 is 17.4 Å². The summed E-state index contributed by atoms with van der Waals surface area (Å²) in [7, 11) is 0. The van der Waals surface area contributed by atoms with Gasteiger partial charge in [0.25, 0.3) is 6.43 Å². The number of piperazine rings is 1. The van der Waals surface area contributed by atoms with E-state index >= 15 is 0 Å². The zero-order valence-corrected chi connectivity index (χ0v) is 14.4. The molecule has 0 radical (unpaired) electrons. The van der Waals surface area contributed by atoms with Crippen molar-refractivity contribution in [3.63, 3.8) is 0 Å². The lowest BCUT2D eigenvalue weighted by Crippen LogP contribution is -2.57. The van der Waals surface area contributed by atoms with E-state index in [1.807, 2.05) is 19.2 Å². The van der Waals surface area contributed by atoms with Crippen LogP contribution in [0.5, 0.6) is 0 Å². The summed E-state index contributed by atoms with van der Waals surface area (Å²) in [6.45, 7) is 5.21. The van der Waals surface area contributed by atoms with Gasteiger partial charge in [0.15, 0.2) is 0 Å². The number of hydrogen-bond acceptors (Lipinski definition) is 4. The molecule has 2 heterocycles. The Morgan fingerprint density at radius 2 is 2.26 bits per heavy atom. The van der Waals surface area contributed by atoms with Gasteiger partial charge in [0.1, 0.15) is 5.01 Å². The smallest absolute Gasteiger partial charge is 0.318 e. The van der Waals surface area contributed by atoms with Gasteiger partial charge in [-0.2, -0.15) is 0 Å². The molecule has 0 spiro atoms. The fourth-order valence-electron chi connectivity index (χ4n) is 2.87. The SMILES string of the molecule is CC[C@H]1CN(C(=O)N[C@@H](CC)c2nccs2)CCN1CC(F)F. The van der Waals surface area contributed by atoms with Crippen LogP contribution in [0.2, 0.25) is 0 Å². The van der Waals surface area contributed by atoms with Gasteiger partial charge in [0.05, 0.1) is 12.6 Å². The molecule has 8 heteroatoms. The maximum Gasteiger partial charge on any atom is 0.318 e. The van der Waals surface area contributed by atoms with Crippen LogP contribution in [0.4, 0.5) is 13.6 Å². The third-order valence-electron chi connectivity index (χ3n) is 4.19. The van der Waals surface area contributed by atoms with Gasteiger partial charge >= 0.3 is 6.03 Å². The molecule has 1 N–H and O–H groups in total. The molecule has 0 aliphatic carbocycles. The van der Waals surface area contributed by atoms with E-state index in [0.29, 0.717) is 19.6 Å². The largest absolute Gasteiger partial charge is 0.329 e. The zero-order chi connectivity index (χ0) is 16.8. The van der Waals surface area contributed by atoms with Crippen LogP contribution in [0, 0.1) is 0 Å². The minimum absolute atomic E-state index is 0.0107. The quantitative estimate of drug-likeness (QED) is 0.861. The van der Waals surface area contributed by atoms with Gasteiger partial charge in [-0.3, -0.25) is 4.90 Å². The van der Waals surface area contributed by atoms with Crippen LogP contribution in [-0.2, 0) is 0 Å². The number of hydrogen-bond donors (Lipinski definition) is 1. The summed E-state index contributed by atoms with van der Waals surface area (Å²) in [6.07, 6.45) is 0.909. The maximum absolute atomic E-state index is 12.6. The van der Waals surface area contributed by atoms with E-state index in [0.717, 1.165) is 17.8 Å². The molecule has 0 saturated carbocycles. The van der Waals surface area contributed by atoms with Crippen molar-refractivity contribution in [1.82, 2.24) is 20.1 Å². The Kier molecular flexibility index (Phi) is 6.71. The number of aromatic nitrogens is 1. The summed E-state index contributed by atoms with van der Waals surface area (Å²) in [5.74, 6) is 0. The molecule has 1 aromatic heterocycles. The fourth-order valence-corrected chi connectivity index (χ4v) is 3.64. The molecular formula is C15H24F2N4OS. The number of carbonyl (C=O) groups excluding carboxylic acids is 1. The second-order valence-electron chi connectivity index (χ2n) is 5.67. The van der Waals surface area contributed by atoms with Gasteiger partial charge in [-0.05, 0) is 12.8 Å². The molecule has 2 rings (SSSR count). The minimum Gasteiger partial charge on any atom is -0.329 e. The number of carbonyl (C=O) groups is 1.